The summed E-state index contributed by atoms with van der Waals surface area (Å²) < 4.78 is 1.76. The molecule has 22 heavy (non-hydrogen) atoms. The van der Waals surface area contributed by atoms with Gasteiger partial charge in [0, 0.05) is 23.0 Å². The molecule has 0 aliphatic rings. The minimum Gasteiger partial charge on any atom is -0.477 e. The van der Waals surface area contributed by atoms with E-state index < -0.39 is 5.97 Å². The highest BCUT2D eigenvalue weighted by atomic mass is 16.4. The van der Waals surface area contributed by atoms with Crippen molar-refractivity contribution >= 4 is 22.7 Å². The third-order valence-electron chi connectivity index (χ3n) is 3.61. The molecule has 0 saturated heterocycles. The first-order valence-electron chi connectivity index (χ1n) is 6.81. The summed E-state index contributed by atoms with van der Waals surface area (Å²) in [6, 6.07) is 16.5. The smallest absolute Gasteiger partial charge is 0.352 e. The number of fused-ring (bicyclic) bond motifs is 1. The van der Waals surface area contributed by atoms with Crippen LogP contribution in [0.15, 0.2) is 54.6 Å². The summed E-state index contributed by atoms with van der Waals surface area (Å²) in [6.07, 6.45) is 0. The first-order chi connectivity index (χ1) is 10.6. The molecule has 110 valence electrons. The van der Waals surface area contributed by atoms with Crippen LogP contribution in [-0.2, 0) is 6.54 Å². The number of amidine groups is 1. The summed E-state index contributed by atoms with van der Waals surface area (Å²) in [6.45, 7) is 0.413. The monoisotopic (exact) mass is 293 g/mol. The molecule has 3 rings (SSSR count). The highest BCUT2D eigenvalue weighted by Crippen LogP contribution is 2.21. The summed E-state index contributed by atoms with van der Waals surface area (Å²) in [4.78, 5) is 11.5. The molecule has 2 aromatic carbocycles. The minimum absolute atomic E-state index is 0.00216. The maximum absolute atomic E-state index is 11.5. The number of carbonyl (C=O) groups is 1. The Morgan fingerprint density at radius 1 is 1.14 bits per heavy atom. The Balaban J connectivity index is 2.10. The molecule has 0 radical (unpaired) electrons. The fraction of sp³-hybridized carbons (Fsp3) is 0.0588. The Morgan fingerprint density at radius 3 is 2.64 bits per heavy atom. The van der Waals surface area contributed by atoms with E-state index in [0.29, 0.717) is 12.1 Å². The fourth-order valence-corrected chi connectivity index (χ4v) is 2.58. The topological polar surface area (TPSA) is 92.1 Å². The molecule has 0 atom stereocenters. The van der Waals surface area contributed by atoms with Crippen molar-refractivity contribution in [2.24, 2.45) is 5.73 Å². The molecule has 5 heteroatoms. The van der Waals surface area contributed by atoms with Gasteiger partial charge in [-0.25, -0.2) is 4.79 Å². The van der Waals surface area contributed by atoms with Gasteiger partial charge in [0.25, 0.3) is 0 Å². The Hall–Kier alpha value is -3.08. The van der Waals surface area contributed by atoms with Gasteiger partial charge in [-0.1, -0.05) is 36.4 Å². The van der Waals surface area contributed by atoms with Crippen LogP contribution in [0.4, 0.5) is 0 Å². The molecular formula is C17H15N3O2. The standard InChI is InChI=1S/C17H15N3O2/c18-16(19)13-6-3-4-11(8-13)10-20-14-7-2-1-5-12(14)9-15(20)17(21)22/h1-9H,10H2,(H3,18,19)(H,21,22). The van der Waals surface area contributed by atoms with Gasteiger partial charge in [0.1, 0.15) is 11.5 Å². The molecule has 0 spiro atoms. The first kappa shape index (κ1) is 13.9. The van der Waals surface area contributed by atoms with Crippen molar-refractivity contribution in [1.29, 1.82) is 5.41 Å². The van der Waals surface area contributed by atoms with E-state index in [1.807, 2.05) is 42.5 Å². The Morgan fingerprint density at radius 2 is 1.91 bits per heavy atom. The third-order valence-corrected chi connectivity index (χ3v) is 3.61. The molecule has 0 unspecified atom stereocenters. The quantitative estimate of drug-likeness (QED) is 0.510. The molecule has 0 saturated carbocycles. The van der Waals surface area contributed by atoms with E-state index in [0.717, 1.165) is 16.5 Å². The van der Waals surface area contributed by atoms with Crippen LogP contribution < -0.4 is 5.73 Å². The van der Waals surface area contributed by atoms with Gasteiger partial charge in [0.05, 0.1) is 0 Å². The highest BCUT2D eigenvalue weighted by molar-refractivity contribution is 5.95. The van der Waals surface area contributed by atoms with Crippen molar-refractivity contribution < 1.29 is 9.90 Å². The summed E-state index contributed by atoms with van der Waals surface area (Å²) in [5, 5.41) is 17.8. The summed E-state index contributed by atoms with van der Waals surface area (Å²) >= 11 is 0. The maximum Gasteiger partial charge on any atom is 0.352 e. The van der Waals surface area contributed by atoms with Gasteiger partial charge in [-0.05, 0) is 23.8 Å². The molecule has 0 amide bonds. The second kappa shape index (κ2) is 5.37. The Kier molecular flexibility index (Phi) is 3.39. The van der Waals surface area contributed by atoms with Crippen LogP contribution in [0, 0.1) is 5.41 Å². The normalized spacial score (nSPS) is 10.7. The Bertz CT molecular complexity index is 880. The number of hydrogen-bond acceptors (Lipinski definition) is 2. The zero-order valence-electron chi connectivity index (χ0n) is 11.8. The number of benzene rings is 2. The van der Waals surface area contributed by atoms with Crippen molar-refractivity contribution in [3.8, 4) is 0 Å². The number of rotatable bonds is 4. The van der Waals surface area contributed by atoms with Crippen LogP contribution in [-0.4, -0.2) is 21.5 Å². The van der Waals surface area contributed by atoms with Crippen LogP contribution in [0.25, 0.3) is 10.9 Å². The van der Waals surface area contributed by atoms with E-state index >= 15 is 0 Å². The number of aromatic nitrogens is 1. The zero-order chi connectivity index (χ0) is 15.7. The molecule has 0 bridgehead atoms. The molecule has 5 nitrogen and oxygen atoms in total. The van der Waals surface area contributed by atoms with Crippen molar-refractivity contribution in [2.45, 2.75) is 6.54 Å². The summed E-state index contributed by atoms with van der Waals surface area (Å²) in [7, 11) is 0. The number of nitrogen functional groups attached to an aromatic ring is 1. The lowest BCUT2D eigenvalue weighted by Gasteiger charge is -2.10. The van der Waals surface area contributed by atoms with Gasteiger partial charge in [0.2, 0.25) is 0 Å². The van der Waals surface area contributed by atoms with Crippen molar-refractivity contribution in [2.75, 3.05) is 0 Å². The van der Waals surface area contributed by atoms with E-state index in [-0.39, 0.29) is 11.5 Å². The lowest BCUT2D eigenvalue weighted by Crippen LogP contribution is -2.13. The van der Waals surface area contributed by atoms with Crippen molar-refractivity contribution in [3.05, 3.63) is 71.4 Å². The van der Waals surface area contributed by atoms with Crippen LogP contribution in [0.3, 0.4) is 0 Å². The van der Waals surface area contributed by atoms with Crippen molar-refractivity contribution in [1.82, 2.24) is 4.57 Å². The summed E-state index contributed by atoms with van der Waals surface area (Å²) in [5.41, 5.74) is 8.15. The van der Waals surface area contributed by atoms with Gasteiger partial charge in [0.15, 0.2) is 0 Å². The number of carboxylic acid groups (broad SMARTS) is 1. The van der Waals surface area contributed by atoms with Crippen LogP contribution in [0.2, 0.25) is 0 Å². The minimum atomic E-state index is -0.959. The SMILES string of the molecule is N=C(N)c1cccc(Cn2c(C(=O)O)cc3ccccc32)c1. The number of aromatic carboxylic acids is 1. The molecule has 4 N–H and O–H groups in total. The number of para-hydroxylation sites is 1. The maximum atomic E-state index is 11.5. The van der Waals surface area contributed by atoms with Crippen LogP contribution >= 0.6 is 0 Å². The second-order valence-electron chi connectivity index (χ2n) is 5.09. The van der Waals surface area contributed by atoms with E-state index in [1.54, 1.807) is 16.7 Å². The fourth-order valence-electron chi connectivity index (χ4n) is 2.58. The zero-order valence-corrected chi connectivity index (χ0v) is 11.8. The number of hydrogen-bond donors (Lipinski definition) is 3. The van der Waals surface area contributed by atoms with E-state index in [9.17, 15) is 9.90 Å². The van der Waals surface area contributed by atoms with Crippen LogP contribution in [0.1, 0.15) is 21.6 Å². The molecule has 0 fully saturated rings. The average molecular weight is 293 g/mol. The lowest BCUT2D eigenvalue weighted by molar-refractivity contribution is 0.0686. The Labute approximate surface area is 127 Å². The van der Waals surface area contributed by atoms with Gasteiger partial charge >= 0.3 is 5.97 Å². The third kappa shape index (κ3) is 2.44. The van der Waals surface area contributed by atoms with Gasteiger partial charge in [-0.2, -0.15) is 0 Å². The number of carboxylic acids is 1. The van der Waals surface area contributed by atoms with Gasteiger partial charge < -0.3 is 15.4 Å². The predicted molar refractivity (Wildman–Crippen MR) is 85.5 cm³/mol. The molecular weight excluding hydrogens is 278 g/mol. The largest absolute Gasteiger partial charge is 0.477 e. The average Bonchev–Trinajstić information content (AvgIpc) is 2.87. The second-order valence-corrected chi connectivity index (χ2v) is 5.09. The lowest BCUT2D eigenvalue weighted by atomic mass is 10.1. The molecule has 0 aliphatic carbocycles. The number of nitrogens with one attached hydrogen (secondary N) is 1. The molecule has 1 heterocycles. The summed E-state index contributed by atoms with van der Waals surface area (Å²) in [5.74, 6) is -0.961. The van der Waals surface area contributed by atoms with E-state index in [1.165, 1.54) is 0 Å². The predicted octanol–water partition coefficient (Wildman–Crippen LogP) is 2.67. The molecule has 0 aliphatic heterocycles. The van der Waals surface area contributed by atoms with Gasteiger partial charge in [-0.15, -0.1) is 0 Å². The highest BCUT2D eigenvalue weighted by Gasteiger charge is 2.14. The van der Waals surface area contributed by atoms with E-state index in [4.69, 9.17) is 11.1 Å². The van der Waals surface area contributed by atoms with Crippen molar-refractivity contribution in [3.63, 3.8) is 0 Å². The first-order valence-corrected chi connectivity index (χ1v) is 6.81. The number of nitrogens with two attached hydrogens (primary N) is 1. The van der Waals surface area contributed by atoms with Gasteiger partial charge in [-0.3, -0.25) is 5.41 Å². The van der Waals surface area contributed by atoms with E-state index in [2.05, 4.69) is 0 Å². The van der Waals surface area contributed by atoms with Crippen LogP contribution in [0.5, 0.6) is 0 Å². The number of nitrogens with zero attached hydrogens (tertiary/aromatic N) is 1. The molecule has 1 aromatic heterocycles. The molecule has 3 aromatic rings.